The molecule has 2 N–H and O–H groups in total. The molecular formula is C19H15F2N3O2S2. The molecule has 0 aliphatic carbocycles. The Morgan fingerprint density at radius 2 is 1.61 bits per heavy atom. The van der Waals surface area contributed by atoms with Gasteiger partial charge in [-0.3, -0.25) is 14.9 Å². The van der Waals surface area contributed by atoms with Gasteiger partial charge in [0.25, 0.3) is 5.91 Å². The number of carbonyl (C=O) groups excluding carboxylic acids is 2. The number of anilines is 2. The Labute approximate surface area is 168 Å². The van der Waals surface area contributed by atoms with E-state index in [1.165, 1.54) is 71.6 Å². The number of carbonyl (C=O) groups is 2. The number of halogens is 2. The average Bonchev–Trinajstić information content (AvgIpc) is 3.11. The molecule has 0 fully saturated rings. The molecule has 5 nitrogen and oxygen atoms in total. The third kappa shape index (κ3) is 5.86. The van der Waals surface area contributed by atoms with Crippen molar-refractivity contribution in [3.63, 3.8) is 0 Å². The van der Waals surface area contributed by atoms with Crippen molar-refractivity contribution in [1.29, 1.82) is 0 Å². The van der Waals surface area contributed by atoms with Gasteiger partial charge >= 0.3 is 0 Å². The van der Waals surface area contributed by atoms with Gasteiger partial charge in [-0.2, -0.15) is 0 Å². The molecule has 3 rings (SSSR count). The Morgan fingerprint density at radius 3 is 2.29 bits per heavy atom. The lowest BCUT2D eigenvalue weighted by Crippen LogP contribution is -2.14. The average molecular weight is 419 g/mol. The molecule has 0 spiro atoms. The standard InChI is InChI=1S/C19H15F2N3O2S2/c20-13-3-1-12(2-4-13)18(26)24-19-23-16(10-28-19)9-27-11-17(25)22-15-7-5-14(21)6-8-15/h1-8,10H,9,11H2,(H,22,25)(H,23,24,26). The van der Waals surface area contributed by atoms with Gasteiger partial charge in [-0.15, -0.1) is 23.1 Å². The Bertz CT molecular complexity index is 960. The van der Waals surface area contributed by atoms with Crippen LogP contribution in [0.3, 0.4) is 0 Å². The predicted octanol–water partition coefficient (Wildman–Crippen LogP) is 4.55. The highest BCUT2D eigenvalue weighted by atomic mass is 32.2. The number of hydrogen-bond acceptors (Lipinski definition) is 5. The van der Waals surface area contributed by atoms with Crippen LogP contribution in [-0.4, -0.2) is 22.6 Å². The number of nitrogens with zero attached hydrogens (tertiary/aromatic N) is 1. The highest BCUT2D eigenvalue weighted by Gasteiger charge is 2.10. The van der Waals surface area contributed by atoms with Crippen molar-refractivity contribution in [1.82, 2.24) is 4.98 Å². The number of thiazole rings is 1. The molecule has 144 valence electrons. The lowest BCUT2D eigenvalue weighted by Gasteiger charge is -2.04. The quantitative estimate of drug-likeness (QED) is 0.590. The van der Waals surface area contributed by atoms with Crippen molar-refractivity contribution in [3.05, 3.63) is 76.8 Å². The number of hydrogen-bond donors (Lipinski definition) is 2. The monoisotopic (exact) mass is 419 g/mol. The van der Waals surface area contributed by atoms with Gasteiger partial charge in [0.05, 0.1) is 11.4 Å². The molecule has 0 aliphatic heterocycles. The molecule has 0 saturated carbocycles. The second kappa shape index (κ2) is 9.43. The highest BCUT2D eigenvalue weighted by molar-refractivity contribution is 7.99. The van der Waals surface area contributed by atoms with Crippen molar-refractivity contribution in [2.45, 2.75) is 5.75 Å². The van der Waals surface area contributed by atoms with Crippen molar-refractivity contribution in [3.8, 4) is 0 Å². The molecule has 2 amide bonds. The molecule has 0 radical (unpaired) electrons. The summed E-state index contributed by atoms with van der Waals surface area (Å²) in [6.07, 6.45) is 0. The van der Waals surface area contributed by atoms with Crippen LogP contribution in [0.15, 0.2) is 53.9 Å². The third-order valence-electron chi connectivity index (χ3n) is 3.49. The number of amides is 2. The highest BCUT2D eigenvalue weighted by Crippen LogP contribution is 2.20. The first-order valence-corrected chi connectivity index (χ1v) is 10.2. The largest absolute Gasteiger partial charge is 0.325 e. The predicted molar refractivity (Wildman–Crippen MR) is 108 cm³/mol. The summed E-state index contributed by atoms with van der Waals surface area (Å²) in [6.45, 7) is 0. The maximum atomic E-state index is 12.9. The maximum absolute atomic E-state index is 12.9. The fourth-order valence-electron chi connectivity index (χ4n) is 2.18. The number of nitrogens with one attached hydrogen (secondary N) is 2. The van der Waals surface area contributed by atoms with Crippen LogP contribution >= 0.6 is 23.1 Å². The first kappa shape index (κ1) is 20.0. The summed E-state index contributed by atoms with van der Waals surface area (Å²) < 4.78 is 25.7. The van der Waals surface area contributed by atoms with Gasteiger partial charge in [-0.1, -0.05) is 0 Å². The molecule has 28 heavy (non-hydrogen) atoms. The van der Waals surface area contributed by atoms with Crippen LogP contribution in [0.25, 0.3) is 0 Å². The van der Waals surface area contributed by atoms with E-state index in [1.807, 2.05) is 0 Å². The molecule has 1 heterocycles. The zero-order valence-electron chi connectivity index (χ0n) is 14.4. The molecule has 2 aromatic carbocycles. The Hall–Kier alpha value is -2.78. The molecule has 0 bridgehead atoms. The molecule has 1 aromatic heterocycles. The van der Waals surface area contributed by atoms with Crippen LogP contribution in [0, 0.1) is 11.6 Å². The second-order valence-corrected chi connectivity index (χ2v) is 7.50. The Balaban J connectivity index is 1.44. The Morgan fingerprint density at radius 1 is 0.964 bits per heavy atom. The summed E-state index contributed by atoms with van der Waals surface area (Å²) in [5.41, 5.74) is 1.61. The smallest absolute Gasteiger partial charge is 0.257 e. The van der Waals surface area contributed by atoms with E-state index in [0.717, 1.165) is 5.69 Å². The zero-order valence-corrected chi connectivity index (χ0v) is 16.1. The molecule has 0 aliphatic rings. The van der Waals surface area contributed by atoms with Crippen LogP contribution in [0.4, 0.5) is 19.6 Å². The van der Waals surface area contributed by atoms with Gasteiger partial charge < -0.3 is 5.32 Å². The fraction of sp³-hybridized carbons (Fsp3) is 0.105. The summed E-state index contributed by atoms with van der Waals surface area (Å²) in [5, 5.41) is 7.57. The molecule has 0 atom stereocenters. The molecular weight excluding hydrogens is 404 g/mol. The number of thioether (sulfide) groups is 1. The van der Waals surface area contributed by atoms with Crippen molar-refractivity contribution >= 4 is 45.7 Å². The van der Waals surface area contributed by atoms with E-state index in [-0.39, 0.29) is 23.4 Å². The minimum atomic E-state index is -0.409. The minimum Gasteiger partial charge on any atom is -0.325 e. The van der Waals surface area contributed by atoms with Crippen LogP contribution in [0.2, 0.25) is 0 Å². The number of rotatable bonds is 7. The summed E-state index contributed by atoms with van der Waals surface area (Å²) in [4.78, 5) is 28.3. The third-order valence-corrected chi connectivity index (χ3v) is 5.26. The summed E-state index contributed by atoms with van der Waals surface area (Å²) in [6, 6.07) is 10.8. The summed E-state index contributed by atoms with van der Waals surface area (Å²) >= 11 is 2.64. The molecule has 3 aromatic rings. The van der Waals surface area contributed by atoms with Crippen LogP contribution < -0.4 is 10.6 Å². The Kier molecular flexibility index (Phi) is 6.72. The van der Waals surface area contributed by atoms with Gasteiger partial charge in [0.1, 0.15) is 11.6 Å². The lowest BCUT2D eigenvalue weighted by molar-refractivity contribution is -0.113. The molecule has 9 heteroatoms. The van der Waals surface area contributed by atoms with E-state index in [0.29, 0.717) is 22.1 Å². The number of aromatic nitrogens is 1. The van der Waals surface area contributed by atoms with Crippen molar-refractivity contribution in [2.75, 3.05) is 16.4 Å². The van der Waals surface area contributed by atoms with Gasteiger partial charge in [-0.25, -0.2) is 13.8 Å². The number of benzene rings is 2. The summed E-state index contributed by atoms with van der Waals surface area (Å²) in [5.74, 6) is -0.623. The van der Waals surface area contributed by atoms with Gasteiger partial charge in [-0.05, 0) is 48.5 Å². The van der Waals surface area contributed by atoms with Crippen LogP contribution in [-0.2, 0) is 10.5 Å². The van der Waals surface area contributed by atoms with E-state index in [9.17, 15) is 18.4 Å². The van der Waals surface area contributed by atoms with Gasteiger partial charge in [0.15, 0.2) is 5.13 Å². The fourth-order valence-corrected chi connectivity index (χ4v) is 3.71. The van der Waals surface area contributed by atoms with Gasteiger partial charge in [0, 0.05) is 22.4 Å². The van der Waals surface area contributed by atoms with Crippen molar-refractivity contribution < 1.29 is 18.4 Å². The molecule has 0 saturated heterocycles. The zero-order chi connectivity index (χ0) is 19.9. The van der Waals surface area contributed by atoms with E-state index in [2.05, 4.69) is 15.6 Å². The topological polar surface area (TPSA) is 71.1 Å². The van der Waals surface area contributed by atoms with Crippen molar-refractivity contribution in [2.24, 2.45) is 0 Å². The van der Waals surface area contributed by atoms with Gasteiger partial charge in [0.2, 0.25) is 5.91 Å². The van der Waals surface area contributed by atoms with E-state index in [1.54, 1.807) is 5.38 Å². The first-order chi connectivity index (χ1) is 13.5. The summed E-state index contributed by atoms with van der Waals surface area (Å²) in [7, 11) is 0. The molecule has 0 unspecified atom stereocenters. The van der Waals surface area contributed by atoms with Crippen LogP contribution in [0.5, 0.6) is 0 Å². The lowest BCUT2D eigenvalue weighted by atomic mass is 10.2. The second-order valence-electron chi connectivity index (χ2n) is 5.65. The first-order valence-electron chi connectivity index (χ1n) is 8.14. The maximum Gasteiger partial charge on any atom is 0.257 e. The van der Waals surface area contributed by atoms with Crippen LogP contribution in [0.1, 0.15) is 16.1 Å². The minimum absolute atomic E-state index is 0.198. The van der Waals surface area contributed by atoms with E-state index in [4.69, 9.17) is 0 Å². The normalized spacial score (nSPS) is 10.5. The van der Waals surface area contributed by atoms with E-state index >= 15 is 0 Å². The SMILES string of the molecule is O=C(CSCc1csc(NC(=O)c2ccc(F)cc2)n1)Nc1ccc(F)cc1. The van der Waals surface area contributed by atoms with E-state index < -0.39 is 5.82 Å².